The van der Waals surface area contributed by atoms with Crippen molar-refractivity contribution >= 4 is 12.4 Å². The van der Waals surface area contributed by atoms with Crippen LogP contribution in [0.3, 0.4) is 0 Å². The summed E-state index contributed by atoms with van der Waals surface area (Å²) in [6.45, 7) is 2.64. The molecule has 1 saturated heterocycles. The highest BCUT2D eigenvalue weighted by molar-refractivity contribution is 5.85. The van der Waals surface area contributed by atoms with E-state index in [-0.39, 0.29) is 12.4 Å². The Morgan fingerprint density at radius 2 is 2.24 bits per heavy atom. The third-order valence-corrected chi connectivity index (χ3v) is 3.44. The lowest BCUT2D eigenvalue weighted by Crippen LogP contribution is -2.16. The van der Waals surface area contributed by atoms with Gasteiger partial charge in [0.1, 0.15) is 0 Å². The first-order valence-electron chi connectivity index (χ1n) is 5.91. The number of nitrogens with one attached hydrogen (secondary N) is 1. The zero-order valence-corrected chi connectivity index (χ0v) is 10.7. The molecular weight excluding hydrogens is 242 g/mol. The standard InChI is InChI=1S/C11H17N3O2.ClH/c1-15-6-8-4-12-5-9(8)11-13-10(14-16-11)7-2-3-7;/h7-9,12H,2-6H2,1H3;1H/t8-,9+;/m1./s1. The van der Waals surface area contributed by atoms with Gasteiger partial charge in [0.15, 0.2) is 5.82 Å². The van der Waals surface area contributed by atoms with Gasteiger partial charge in [0, 0.05) is 32.0 Å². The van der Waals surface area contributed by atoms with E-state index in [1.54, 1.807) is 7.11 Å². The Morgan fingerprint density at radius 1 is 1.41 bits per heavy atom. The largest absolute Gasteiger partial charge is 0.384 e. The second-order valence-electron chi connectivity index (χ2n) is 4.75. The summed E-state index contributed by atoms with van der Waals surface area (Å²) >= 11 is 0. The minimum atomic E-state index is 0. The van der Waals surface area contributed by atoms with Crippen LogP contribution in [0.4, 0.5) is 0 Å². The lowest BCUT2D eigenvalue weighted by atomic mass is 9.97. The first kappa shape index (κ1) is 12.8. The molecule has 1 N–H and O–H groups in total. The maximum atomic E-state index is 5.37. The topological polar surface area (TPSA) is 60.2 Å². The molecule has 2 aliphatic rings. The highest BCUT2D eigenvalue weighted by Crippen LogP contribution is 2.39. The van der Waals surface area contributed by atoms with Crippen LogP contribution in [0.1, 0.15) is 36.4 Å². The summed E-state index contributed by atoms with van der Waals surface area (Å²) in [5.41, 5.74) is 0. The summed E-state index contributed by atoms with van der Waals surface area (Å²) in [7, 11) is 1.73. The summed E-state index contributed by atoms with van der Waals surface area (Å²) in [6, 6.07) is 0. The minimum absolute atomic E-state index is 0. The molecule has 0 aromatic carbocycles. The van der Waals surface area contributed by atoms with Crippen molar-refractivity contribution in [3.63, 3.8) is 0 Å². The van der Waals surface area contributed by atoms with E-state index < -0.39 is 0 Å². The molecule has 96 valence electrons. The van der Waals surface area contributed by atoms with E-state index in [1.165, 1.54) is 12.8 Å². The molecule has 1 saturated carbocycles. The average molecular weight is 260 g/mol. The number of ether oxygens (including phenoxy) is 1. The average Bonchev–Trinajstić information content (AvgIpc) is 2.85. The maximum absolute atomic E-state index is 5.37. The third-order valence-electron chi connectivity index (χ3n) is 3.44. The van der Waals surface area contributed by atoms with Gasteiger partial charge in [-0.2, -0.15) is 4.98 Å². The van der Waals surface area contributed by atoms with Gasteiger partial charge in [-0.25, -0.2) is 0 Å². The molecule has 0 spiro atoms. The van der Waals surface area contributed by atoms with Crippen molar-refractivity contribution < 1.29 is 9.26 Å². The predicted molar refractivity (Wildman–Crippen MR) is 64.5 cm³/mol. The normalized spacial score (nSPS) is 28.1. The Kier molecular flexibility index (Phi) is 4.01. The molecule has 2 atom stereocenters. The molecule has 0 radical (unpaired) electrons. The summed E-state index contributed by atoms with van der Waals surface area (Å²) in [5.74, 6) is 3.03. The van der Waals surface area contributed by atoms with E-state index in [4.69, 9.17) is 9.26 Å². The van der Waals surface area contributed by atoms with Gasteiger partial charge in [-0.15, -0.1) is 12.4 Å². The van der Waals surface area contributed by atoms with Crippen LogP contribution in [0, 0.1) is 5.92 Å². The second kappa shape index (κ2) is 5.33. The fourth-order valence-corrected chi connectivity index (χ4v) is 2.32. The molecule has 5 nitrogen and oxygen atoms in total. The van der Waals surface area contributed by atoms with Gasteiger partial charge in [0.2, 0.25) is 5.89 Å². The lowest BCUT2D eigenvalue weighted by Gasteiger charge is -2.12. The van der Waals surface area contributed by atoms with Crippen LogP contribution in [0.15, 0.2) is 4.52 Å². The van der Waals surface area contributed by atoms with Gasteiger partial charge in [-0.05, 0) is 12.8 Å². The van der Waals surface area contributed by atoms with Crippen LogP contribution in [0.25, 0.3) is 0 Å². The number of hydrogen-bond donors (Lipinski definition) is 1. The molecule has 2 heterocycles. The monoisotopic (exact) mass is 259 g/mol. The molecule has 1 aromatic rings. The first-order chi connectivity index (χ1) is 7.88. The smallest absolute Gasteiger partial charge is 0.231 e. The van der Waals surface area contributed by atoms with Crippen LogP contribution in [0.5, 0.6) is 0 Å². The molecule has 6 heteroatoms. The molecule has 3 rings (SSSR count). The van der Waals surface area contributed by atoms with E-state index in [9.17, 15) is 0 Å². The third kappa shape index (κ3) is 2.61. The predicted octanol–water partition coefficient (Wildman–Crippen LogP) is 1.32. The van der Waals surface area contributed by atoms with Crippen molar-refractivity contribution in [2.24, 2.45) is 5.92 Å². The van der Waals surface area contributed by atoms with E-state index >= 15 is 0 Å². The van der Waals surface area contributed by atoms with Gasteiger partial charge in [-0.1, -0.05) is 5.16 Å². The van der Waals surface area contributed by atoms with E-state index in [0.717, 1.165) is 31.4 Å². The van der Waals surface area contributed by atoms with Crippen LogP contribution < -0.4 is 5.32 Å². The van der Waals surface area contributed by atoms with Gasteiger partial charge < -0.3 is 14.6 Å². The van der Waals surface area contributed by atoms with Crippen molar-refractivity contribution in [1.82, 2.24) is 15.5 Å². The van der Waals surface area contributed by atoms with Crippen LogP contribution in [-0.2, 0) is 4.74 Å². The summed E-state index contributed by atoms with van der Waals surface area (Å²) < 4.78 is 10.6. The molecule has 0 amide bonds. The fraction of sp³-hybridized carbons (Fsp3) is 0.818. The Balaban J connectivity index is 0.00000108. The molecule has 0 unspecified atom stereocenters. The molecule has 1 aliphatic carbocycles. The van der Waals surface area contributed by atoms with E-state index in [0.29, 0.717) is 17.8 Å². The maximum Gasteiger partial charge on any atom is 0.231 e. The van der Waals surface area contributed by atoms with Crippen molar-refractivity contribution in [3.8, 4) is 0 Å². The number of nitrogens with zero attached hydrogens (tertiary/aromatic N) is 2. The van der Waals surface area contributed by atoms with Crippen molar-refractivity contribution in [1.29, 1.82) is 0 Å². The second-order valence-corrected chi connectivity index (χ2v) is 4.75. The Labute approximate surface area is 107 Å². The SMILES string of the molecule is COC[C@H]1CNC[C@@H]1c1nc(C2CC2)no1.Cl. The van der Waals surface area contributed by atoms with Gasteiger partial charge in [0.25, 0.3) is 0 Å². The zero-order chi connectivity index (χ0) is 11.0. The quantitative estimate of drug-likeness (QED) is 0.884. The van der Waals surface area contributed by atoms with Crippen LogP contribution >= 0.6 is 12.4 Å². The van der Waals surface area contributed by atoms with Gasteiger partial charge >= 0.3 is 0 Å². The molecule has 17 heavy (non-hydrogen) atoms. The highest BCUT2D eigenvalue weighted by atomic mass is 35.5. The lowest BCUT2D eigenvalue weighted by molar-refractivity contribution is 0.146. The van der Waals surface area contributed by atoms with Crippen molar-refractivity contribution in [2.45, 2.75) is 24.7 Å². The number of halogens is 1. The molecular formula is C11H18ClN3O2. The summed E-state index contributed by atoms with van der Waals surface area (Å²) in [4.78, 5) is 4.51. The zero-order valence-electron chi connectivity index (χ0n) is 9.89. The Bertz CT molecular complexity index is 367. The minimum Gasteiger partial charge on any atom is -0.384 e. The van der Waals surface area contributed by atoms with Crippen molar-refractivity contribution in [2.75, 3.05) is 26.8 Å². The Morgan fingerprint density at radius 3 is 2.94 bits per heavy atom. The van der Waals surface area contributed by atoms with Crippen LogP contribution in [-0.4, -0.2) is 36.9 Å². The van der Waals surface area contributed by atoms with Gasteiger partial charge in [-0.3, -0.25) is 0 Å². The number of rotatable bonds is 4. The van der Waals surface area contributed by atoms with Crippen LogP contribution in [0.2, 0.25) is 0 Å². The number of hydrogen-bond acceptors (Lipinski definition) is 5. The van der Waals surface area contributed by atoms with E-state index in [1.807, 2.05) is 0 Å². The van der Waals surface area contributed by atoms with Gasteiger partial charge in [0.05, 0.1) is 12.5 Å². The molecule has 2 fully saturated rings. The number of methoxy groups -OCH3 is 1. The molecule has 1 aliphatic heterocycles. The van der Waals surface area contributed by atoms with E-state index in [2.05, 4.69) is 15.5 Å². The highest BCUT2D eigenvalue weighted by Gasteiger charge is 2.35. The Hall–Kier alpha value is -0.650. The van der Waals surface area contributed by atoms with Crippen molar-refractivity contribution in [3.05, 3.63) is 11.7 Å². The summed E-state index contributed by atoms with van der Waals surface area (Å²) in [6.07, 6.45) is 2.42. The molecule has 1 aromatic heterocycles. The first-order valence-corrected chi connectivity index (χ1v) is 5.91. The fourth-order valence-electron chi connectivity index (χ4n) is 2.32. The number of aromatic nitrogens is 2. The molecule has 0 bridgehead atoms. The summed E-state index contributed by atoms with van der Waals surface area (Å²) in [5, 5.41) is 7.41.